The minimum Gasteiger partial charge on any atom is -0.315 e. The van der Waals surface area contributed by atoms with Crippen molar-refractivity contribution >= 4 is 11.2 Å². The van der Waals surface area contributed by atoms with Gasteiger partial charge in [0, 0.05) is 12.2 Å². The molecule has 0 unspecified atom stereocenters. The summed E-state index contributed by atoms with van der Waals surface area (Å²) < 4.78 is 3.83. The lowest BCUT2D eigenvalue weighted by molar-refractivity contribution is 0.530. The first-order chi connectivity index (χ1) is 9.54. The quantitative estimate of drug-likeness (QED) is 0.732. The van der Waals surface area contributed by atoms with Crippen molar-refractivity contribution in [1.82, 2.24) is 29.3 Å². The van der Waals surface area contributed by atoms with Crippen LogP contribution in [0.1, 0.15) is 25.2 Å². The third-order valence-electron chi connectivity index (χ3n) is 3.11. The third-order valence-corrected chi connectivity index (χ3v) is 3.11. The first kappa shape index (κ1) is 12.8. The van der Waals surface area contributed by atoms with Crippen molar-refractivity contribution in [2.45, 2.75) is 34.2 Å². The van der Waals surface area contributed by atoms with Crippen molar-refractivity contribution < 1.29 is 0 Å². The highest BCUT2D eigenvalue weighted by atomic mass is 15.4. The van der Waals surface area contributed by atoms with E-state index < -0.39 is 0 Å². The highest BCUT2D eigenvalue weighted by molar-refractivity contribution is 5.70. The molecular formula is C14H18N6. The van der Waals surface area contributed by atoms with Gasteiger partial charge in [-0.1, -0.05) is 13.8 Å². The summed E-state index contributed by atoms with van der Waals surface area (Å²) in [6, 6.07) is 2.01. The zero-order valence-corrected chi connectivity index (χ0v) is 12.2. The predicted molar refractivity (Wildman–Crippen MR) is 76.8 cm³/mol. The summed E-state index contributed by atoms with van der Waals surface area (Å²) in [6.07, 6.45) is 3.58. The molecule has 0 saturated carbocycles. The van der Waals surface area contributed by atoms with Gasteiger partial charge in [-0.3, -0.25) is 0 Å². The van der Waals surface area contributed by atoms with Gasteiger partial charge in [0.1, 0.15) is 5.52 Å². The number of hydrogen-bond acceptors (Lipinski definition) is 4. The maximum atomic E-state index is 4.62. The lowest BCUT2D eigenvalue weighted by atomic mass is 10.2. The molecule has 0 fully saturated rings. The molecule has 0 bridgehead atoms. The SMILES string of the molecule is Cc1cc(C)n(-c2ncc3ncn(CC(C)C)c3n2)n1. The molecule has 0 aliphatic rings. The maximum absolute atomic E-state index is 4.62. The van der Waals surface area contributed by atoms with Gasteiger partial charge in [-0.25, -0.2) is 14.6 Å². The molecule has 0 spiro atoms. The number of fused-ring (bicyclic) bond motifs is 1. The number of hydrogen-bond donors (Lipinski definition) is 0. The van der Waals surface area contributed by atoms with Crippen LogP contribution in [0.25, 0.3) is 17.1 Å². The lowest BCUT2D eigenvalue weighted by Crippen LogP contribution is -2.08. The van der Waals surface area contributed by atoms with E-state index in [1.165, 1.54) is 0 Å². The minimum atomic E-state index is 0.541. The van der Waals surface area contributed by atoms with Crippen molar-refractivity contribution in [3.8, 4) is 5.95 Å². The summed E-state index contributed by atoms with van der Waals surface area (Å²) in [5.41, 5.74) is 3.66. The molecule has 6 heteroatoms. The van der Waals surface area contributed by atoms with Crippen LogP contribution in [0.5, 0.6) is 0 Å². The molecule has 3 rings (SSSR count). The Bertz CT molecular complexity index is 752. The molecule has 0 N–H and O–H groups in total. The highest BCUT2D eigenvalue weighted by Gasteiger charge is 2.11. The van der Waals surface area contributed by atoms with Gasteiger partial charge >= 0.3 is 0 Å². The summed E-state index contributed by atoms with van der Waals surface area (Å²) in [7, 11) is 0. The fourth-order valence-corrected chi connectivity index (χ4v) is 2.31. The summed E-state index contributed by atoms with van der Waals surface area (Å²) in [5.74, 6) is 1.13. The van der Waals surface area contributed by atoms with Crippen LogP contribution in [0.3, 0.4) is 0 Å². The Balaban J connectivity index is 2.11. The summed E-state index contributed by atoms with van der Waals surface area (Å²) in [5, 5.41) is 4.42. The van der Waals surface area contributed by atoms with Gasteiger partial charge in [-0.05, 0) is 25.8 Å². The van der Waals surface area contributed by atoms with E-state index in [2.05, 4.69) is 38.5 Å². The van der Waals surface area contributed by atoms with Crippen molar-refractivity contribution in [2.75, 3.05) is 0 Å². The second-order valence-corrected chi connectivity index (χ2v) is 5.51. The fourth-order valence-electron chi connectivity index (χ4n) is 2.31. The van der Waals surface area contributed by atoms with Crippen LogP contribution in [0, 0.1) is 19.8 Å². The molecule has 3 aromatic heterocycles. The Morgan fingerprint density at radius 2 is 2.00 bits per heavy atom. The summed E-state index contributed by atoms with van der Waals surface area (Å²) >= 11 is 0. The number of aromatic nitrogens is 6. The van der Waals surface area contributed by atoms with Crippen LogP contribution in [0.15, 0.2) is 18.6 Å². The van der Waals surface area contributed by atoms with Crippen molar-refractivity contribution in [3.05, 3.63) is 30.0 Å². The van der Waals surface area contributed by atoms with Crippen LogP contribution >= 0.6 is 0 Å². The fraction of sp³-hybridized carbons (Fsp3) is 0.429. The van der Waals surface area contributed by atoms with Crippen molar-refractivity contribution in [2.24, 2.45) is 5.92 Å². The summed E-state index contributed by atoms with van der Waals surface area (Å²) in [4.78, 5) is 13.3. The smallest absolute Gasteiger partial charge is 0.252 e. The molecular weight excluding hydrogens is 252 g/mol. The largest absolute Gasteiger partial charge is 0.315 e. The van der Waals surface area contributed by atoms with E-state index in [1.807, 2.05) is 26.2 Å². The van der Waals surface area contributed by atoms with E-state index in [0.717, 1.165) is 29.1 Å². The number of imidazole rings is 1. The Labute approximate surface area is 117 Å². The van der Waals surface area contributed by atoms with Crippen LogP contribution in [-0.4, -0.2) is 29.3 Å². The first-order valence-electron chi connectivity index (χ1n) is 6.76. The van der Waals surface area contributed by atoms with Gasteiger partial charge in [0.25, 0.3) is 5.95 Å². The molecule has 0 atom stereocenters. The minimum absolute atomic E-state index is 0.541. The van der Waals surface area contributed by atoms with Crippen LogP contribution < -0.4 is 0 Å². The molecule has 0 radical (unpaired) electrons. The van der Waals surface area contributed by atoms with E-state index in [0.29, 0.717) is 11.9 Å². The lowest BCUT2D eigenvalue weighted by Gasteiger charge is -2.07. The van der Waals surface area contributed by atoms with Gasteiger partial charge in [0.05, 0.1) is 18.2 Å². The molecule has 6 nitrogen and oxygen atoms in total. The monoisotopic (exact) mass is 270 g/mol. The van der Waals surface area contributed by atoms with Gasteiger partial charge in [0.2, 0.25) is 0 Å². The second-order valence-electron chi connectivity index (χ2n) is 5.51. The topological polar surface area (TPSA) is 61.4 Å². The molecule has 3 heterocycles. The Morgan fingerprint density at radius 3 is 2.65 bits per heavy atom. The van der Waals surface area contributed by atoms with Crippen molar-refractivity contribution in [1.29, 1.82) is 0 Å². The number of nitrogens with zero attached hydrogens (tertiary/aromatic N) is 6. The van der Waals surface area contributed by atoms with Crippen LogP contribution in [0.4, 0.5) is 0 Å². The van der Waals surface area contributed by atoms with Crippen LogP contribution in [-0.2, 0) is 6.54 Å². The summed E-state index contributed by atoms with van der Waals surface area (Å²) in [6.45, 7) is 9.21. The van der Waals surface area contributed by atoms with Gasteiger partial charge in [-0.2, -0.15) is 10.1 Å². The number of aryl methyl sites for hydroxylation is 2. The molecule has 104 valence electrons. The van der Waals surface area contributed by atoms with Gasteiger partial charge < -0.3 is 4.57 Å². The van der Waals surface area contributed by atoms with E-state index in [-0.39, 0.29) is 0 Å². The van der Waals surface area contributed by atoms with E-state index in [4.69, 9.17) is 0 Å². The molecule has 0 aliphatic heterocycles. The maximum Gasteiger partial charge on any atom is 0.252 e. The first-order valence-corrected chi connectivity index (χ1v) is 6.76. The average molecular weight is 270 g/mol. The Morgan fingerprint density at radius 1 is 1.20 bits per heavy atom. The Hall–Kier alpha value is -2.24. The standard InChI is InChI=1S/C14H18N6/c1-9(2)7-19-8-16-12-6-15-14(17-13(12)19)20-11(4)5-10(3)18-20/h5-6,8-9H,7H2,1-4H3. The zero-order valence-electron chi connectivity index (χ0n) is 12.2. The normalized spacial score (nSPS) is 11.7. The molecule has 0 aliphatic carbocycles. The molecule has 0 amide bonds. The predicted octanol–water partition coefficient (Wildman–Crippen LogP) is 2.28. The highest BCUT2D eigenvalue weighted by Crippen LogP contribution is 2.14. The van der Waals surface area contributed by atoms with Gasteiger partial charge in [-0.15, -0.1) is 0 Å². The van der Waals surface area contributed by atoms with E-state index in [9.17, 15) is 0 Å². The zero-order chi connectivity index (χ0) is 14.3. The molecule has 0 saturated heterocycles. The molecule has 0 aromatic carbocycles. The van der Waals surface area contributed by atoms with Gasteiger partial charge in [0.15, 0.2) is 5.65 Å². The Kier molecular flexibility index (Phi) is 3.00. The average Bonchev–Trinajstić information content (AvgIpc) is 2.92. The molecule has 3 aromatic rings. The van der Waals surface area contributed by atoms with E-state index in [1.54, 1.807) is 10.9 Å². The van der Waals surface area contributed by atoms with E-state index >= 15 is 0 Å². The van der Waals surface area contributed by atoms with Crippen molar-refractivity contribution in [3.63, 3.8) is 0 Å². The second kappa shape index (κ2) is 4.70. The molecule has 20 heavy (non-hydrogen) atoms. The van der Waals surface area contributed by atoms with Crippen LogP contribution in [0.2, 0.25) is 0 Å². The number of rotatable bonds is 3. The third kappa shape index (κ3) is 2.17.